The van der Waals surface area contributed by atoms with Crippen molar-refractivity contribution in [3.05, 3.63) is 29.8 Å². The number of benzene rings is 1. The first-order valence-corrected chi connectivity index (χ1v) is 6.80. The largest absolute Gasteiger partial charge is 0.344 e. The Labute approximate surface area is 118 Å². The molecule has 0 aliphatic carbocycles. The highest BCUT2D eigenvalue weighted by atomic mass is 32.1. The van der Waals surface area contributed by atoms with Gasteiger partial charge in [-0.15, -0.1) is 12.6 Å². The van der Waals surface area contributed by atoms with Crippen LogP contribution in [0.5, 0.6) is 0 Å². The van der Waals surface area contributed by atoms with E-state index in [0.717, 1.165) is 23.4 Å². The number of carbonyl (C=O) groups excluding carboxylic acids is 2. The van der Waals surface area contributed by atoms with Crippen LogP contribution in [0.25, 0.3) is 0 Å². The maximum Gasteiger partial charge on any atom is 0.241 e. The van der Waals surface area contributed by atoms with Crippen LogP contribution in [0, 0.1) is 0 Å². The van der Waals surface area contributed by atoms with Crippen molar-refractivity contribution in [1.82, 2.24) is 9.80 Å². The van der Waals surface area contributed by atoms with E-state index < -0.39 is 0 Å². The second-order valence-electron chi connectivity index (χ2n) is 4.83. The zero-order chi connectivity index (χ0) is 13.8. The molecular formula is C14H18N2O2S. The summed E-state index contributed by atoms with van der Waals surface area (Å²) in [6.45, 7) is 1.57. The highest BCUT2D eigenvalue weighted by molar-refractivity contribution is 7.80. The van der Waals surface area contributed by atoms with E-state index in [2.05, 4.69) is 12.6 Å². The van der Waals surface area contributed by atoms with E-state index in [1.165, 1.54) is 0 Å². The third-order valence-electron chi connectivity index (χ3n) is 3.32. The van der Waals surface area contributed by atoms with Crippen molar-refractivity contribution in [3.63, 3.8) is 0 Å². The maximum absolute atomic E-state index is 12.2. The first-order valence-electron chi connectivity index (χ1n) is 6.36. The first kappa shape index (κ1) is 13.9. The Balaban J connectivity index is 1.99. The zero-order valence-electron chi connectivity index (χ0n) is 11.0. The van der Waals surface area contributed by atoms with Crippen LogP contribution in [-0.4, -0.2) is 48.3 Å². The highest BCUT2D eigenvalue weighted by Crippen LogP contribution is 2.10. The summed E-state index contributed by atoms with van der Waals surface area (Å²) < 4.78 is 0. The monoisotopic (exact) mass is 278 g/mol. The van der Waals surface area contributed by atoms with E-state index in [4.69, 9.17) is 0 Å². The summed E-state index contributed by atoms with van der Waals surface area (Å²) in [5.74, 6) is 0.0205. The van der Waals surface area contributed by atoms with Gasteiger partial charge in [-0.3, -0.25) is 9.59 Å². The van der Waals surface area contributed by atoms with Crippen LogP contribution >= 0.6 is 12.6 Å². The van der Waals surface area contributed by atoms with Crippen molar-refractivity contribution in [1.29, 1.82) is 0 Å². The van der Waals surface area contributed by atoms with Crippen LogP contribution in [0.2, 0.25) is 0 Å². The van der Waals surface area contributed by atoms with E-state index in [0.29, 0.717) is 13.0 Å². The normalized spacial score (nSPS) is 16.4. The minimum absolute atomic E-state index is 0.00978. The fraction of sp³-hybridized carbons (Fsp3) is 0.429. The first-order chi connectivity index (χ1) is 9.06. The minimum Gasteiger partial charge on any atom is -0.344 e. The lowest BCUT2D eigenvalue weighted by atomic mass is 10.1. The average Bonchev–Trinajstić information content (AvgIpc) is 2.55. The number of nitrogens with zero attached hydrogens (tertiary/aromatic N) is 2. The van der Waals surface area contributed by atoms with Crippen molar-refractivity contribution >= 4 is 24.4 Å². The SMILES string of the molecule is CN1CCCN(C(=O)Cc2ccc(S)cc2)CC1=O. The van der Waals surface area contributed by atoms with Crippen LogP contribution < -0.4 is 0 Å². The van der Waals surface area contributed by atoms with E-state index in [1.54, 1.807) is 16.8 Å². The Bertz CT molecular complexity index is 473. The van der Waals surface area contributed by atoms with Crippen molar-refractivity contribution in [2.45, 2.75) is 17.7 Å². The van der Waals surface area contributed by atoms with Gasteiger partial charge in [0.05, 0.1) is 13.0 Å². The fourth-order valence-corrected chi connectivity index (χ4v) is 2.25. The third-order valence-corrected chi connectivity index (χ3v) is 3.62. The van der Waals surface area contributed by atoms with Gasteiger partial charge in [-0.2, -0.15) is 0 Å². The van der Waals surface area contributed by atoms with E-state index in [-0.39, 0.29) is 18.4 Å². The second-order valence-corrected chi connectivity index (χ2v) is 5.34. The number of rotatable bonds is 2. The predicted molar refractivity (Wildman–Crippen MR) is 76.2 cm³/mol. The number of hydrogen-bond donors (Lipinski definition) is 1. The van der Waals surface area contributed by atoms with Crippen molar-refractivity contribution in [2.75, 3.05) is 26.7 Å². The number of carbonyl (C=O) groups is 2. The standard InChI is InChI=1S/C14H18N2O2S/c1-15-7-2-8-16(10-14(15)18)13(17)9-11-3-5-12(19)6-4-11/h3-6,19H,2,7-10H2,1H3. The van der Waals surface area contributed by atoms with Crippen LogP contribution in [0.15, 0.2) is 29.2 Å². The van der Waals surface area contributed by atoms with Gasteiger partial charge in [-0.25, -0.2) is 0 Å². The summed E-state index contributed by atoms with van der Waals surface area (Å²) in [7, 11) is 1.78. The molecular weight excluding hydrogens is 260 g/mol. The summed E-state index contributed by atoms with van der Waals surface area (Å²) in [6, 6.07) is 7.53. The van der Waals surface area contributed by atoms with Gasteiger partial charge >= 0.3 is 0 Å². The highest BCUT2D eigenvalue weighted by Gasteiger charge is 2.22. The molecule has 4 nitrogen and oxygen atoms in total. The Morgan fingerprint density at radius 2 is 1.95 bits per heavy atom. The molecule has 5 heteroatoms. The molecule has 0 unspecified atom stereocenters. The molecule has 0 N–H and O–H groups in total. The van der Waals surface area contributed by atoms with Crippen LogP contribution in [0.3, 0.4) is 0 Å². The molecule has 1 aliphatic rings. The number of amides is 2. The quantitative estimate of drug-likeness (QED) is 0.826. The molecule has 0 bridgehead atoms. The van der Waals surface area contributed by atoms with E-state index >= 15 is 0 Å². The molecule has 0 spiro atoms. The average molecular weight is 278 g/mol. The molecule has 0 saturated carbocycles. The van der Waals surface area contributed by atoms with Gasteiger partial charge in [-0.1, -0.05) is 12.1 Å². The molecule has 2 rings (SSSR count). The zero-order valence-corrected chi connectivity index (χ0v) is 11.9. The van der Waals surface area contributed by atoms with E-state index in [9.17, 15) is 9.59 Å². The Morgan fingerprint density at radius 1 is 1.26 bits per heavy atom. The topological polar surface area (TPSA) is 40.6 Å². The van der Waals surface area contributed by atoms with Crippen molar-refractivity contribution in [2.24, 2.45) is 0 Å². The molecule has 2 amide bonds. The molecule has 0 atom stereocenters. The number of likely N-dealkylation sites (N-methyl/N-ethyl adjacent to an activating group) is 1. The number of hydrogen-bond acceptors (Lipinski definition) is 3. The lowest BCUT2D eigenvalue weighted by Gasteiger charge is -2.19. The van der Waals surface area contributed by atoms with Gasteiger partial charge in [0.15, 0.2) is 0 Å². The van der Waals surface area contributed by atoms with Gasteiger partial charge in [0.2, 0.25) is 11.8 Å². The lowest BCUT2D eigenvalue weighted by Crippen LogP contribution is -2.38. The Hall–Kier alpha value is -1.49. The molecule has 102 valence electrons. The summed E-state index contributed by atoms with van der Waals surface area (Å²) in [4.78, 5) is 28.2. The smallest absolute Gasteiger partial charge is 0.241 e. The fourth-order valence-electron chi connectivity index (χ4n) is 2.10. The predicted octanol–water partition coefficient (Wildman–Crippen LogP) is 1.21. The van der Waals surface area contributed by atoms with Crippen LogP contribution in [0.4, 0.5) is 0 Å². The van der Waals surface area contributed by atoms with Gasteiger partial charge in [-0.05, 0) is 24.1 Å². The molecule has 19 heavy (non-hydrogen) atoms. The summed E-state index contributed by atoms with van der Waals surface area (Å²) in [6.07, 6.45) is 1.18. The molecule has 1 heterocycles. The minimum atomic E-state index is 0.00978. The van der Waals surface area contributed by atoms with Gasteiger partial charge in [0.1, 0.15) is 0 Å². The van der Waals surface area contributed by atoms with Crippen LogP contribution in [0.1, 0.15) is 12.0 Å². The second kappa shape index (κ2) is 6.10. The van der Waals surface area contributed by atoms with Gasteiger partial charge in [0, 0.05) is 25.0 Å². The molecule has 0 aromatic heterocycles. The summed E-state index contributed by atoms with van der Waals surface area (Å²) in [5, 5.41) is 0. The number of thiol groups is 1. The molecule has 1 saturated heterocycles. The summed E-state index contributed by atoms with van der Waals surface area (Å²) >= 11 is 4.21. The van der Waals surface area contributed by atoms with E-state index in [1.807, 2.05) is 24.3 Å². The maximum atomic E-state index is 12.2. The van der Waals surface area contributed by atoms with Gasteiger partial charge < -0.3 is 9.80 Å². The molecule has 1 aromatic rings. The lowest BCUT2D eigenvalue weighted by molar-refractivity contribution is -0.137. The van der Waals surface area contributed by atoms with Crippen molar-refractivity contribution in [3.8, 4) is 0 Å². The molecule has 1 fully saturated rings. The summed E-state index contributed by atoms with van der Waals surface area (Å²) in [5.41, 5.74) is 0.952. The third kappa shape index (κ3) is 3.73. The Kier molecular flexibility index (Phi) is 4.47. The molecule has 1 aliphatic heterocycles. The molecule has 1 aromatic carbocycles. The Morgan fingerprint density at radius 3 is 2.63 bits per heavy atom. The van der Waals surface area contributed by atoms with Gasteiger partial charge in [0.25, 0.3) is 0 Å². The molecule has 0 radical (unpaired) electrons. The van der Waals surface area contributed by atoms with Crippen molar-refractivity contribution < 1.29 is 9.59 Å². The van der Waals surface area contributed by atoms with Crippen LogP contribution in [-0.2, 0) is 16.0 Å².